The van der Waals surface area contributed by atoms with E-state index in [4.69, 9.17) is 5.11 Å². The molecule has 1 rings (SSSR count). The molecule has 0 aliphatic carbocycles. The van der Waals surface area contributed by atoms with E-state index in [0.717, 1.165) is 25.2 Å². The molecule has 1 aromatic carbocycles. The molecule has 0 atom stereocenters. The topological polar surface area (TPSA) is 37.3 Å². The average molecular weight is 367 g/mol. The number of carboxylic acids is 1. The largest absolute Gasteiger partial charge is 0.478 e. The highest BCUT2D eigenvalue weighted by Gasteiger charge is 2.01. The van der Waals surface area contributed by atoms with E-state index in [1.165, 1.54) is 0 Å². The smallest absolute Gasteiger partial charge is 0.328 e. The van der Waals surface area contributed by atoms with Crippen LogP contribution < -0.4 is 0 Å². The molecule has 0 saturated heterocycles. The summed E-state index contributed by atoms with van der Waals surface area (Å²) in [6.45, 7) is 1.95. The van der Waals surface area contributed by atoms with Crippen molar-refractivity contribution in [2.75, 3.05) is 0 Å². The highest BCUT2D eigenvalue weighted by molar-refractivity contribution is 14.1. The summed E-state index contributed by atoms with van der Waals surface area (Å²) in [7, 11) is 0. The molecule has 2 nitrogen and oxygen atoms in total. The van der Waals surface area contributed by atoms with Gasteiger partial charge in [-0.15, -0.1) is 0 Å². The molecule has 0 spiro atoms. The summed E-state index contributed by atoms with van der Waals surface area (Å²) in [5, 5.41) is 8.49. The monoisotopic (exact) mass is 366 g/mol. The van der Waals surface area contributed by atoms with E-state index in [0.29, 0.717) is 0 Å². The second-order valence-corrected chi connectivity index (χ2v) is 4.81. The minimum Gasteiger partial charge on any atom is -0.478 e. The predicted octanol–water partition coefficient (Wildman–Crippen LogP) is 3.46. The van der Waals surface area contributed by atoms with Gasteiger partial charge in [0.1, 0.15) is 0 Å². The van der Waals surface area contributed by atoms with Crippen LogP contribution in [0.15, 0.2) is 22.7 Å². The van der Waals surface area contributed by atoms with Crippen molar-refractivity contribution in [2.24, 2.45) is 0 Å². The average Bonchev–Trinajstić information content (AvgIpc) is 2.09. The van der Waals surface area contributed by atoms with Crippen molar-refractivity contribution in [3.8, 4) is 0 Å². The summed E-state index contributed by atoms with van der Waals surface area (Å²) in [4.78, 5) is 10.3. The van der Waals surface area contributed by atoms with Crippen LogP contribution in [0.4, 0.5) is 0 Å². The molecule has 0 unspecified atom stereocenters. The Kier molecular flexibility index (Phi) is 4.12. The van der Waals surface area contributed by atoms with Gasteiger partial charge in [0, 0.05) is 14.1 Å². The number of aryl methyl sites for hydroxylation is 1. The quantitative estimate of drug-likeness (QED) is 0.642. The van der Waals surface area contributed by atoms with Crippen LogP contribution in [0, 0.1) is 10.5 Å². The van der Waals surface area contributed by atoms with Crippen molar-refractivity contribution in [1.82, 2.24) is 0 Å². The van der Waals surface area contributed by atoms with Crippen LogP contribution in [-0.2, 0) is 4.79 Å². The van der Waals surface area contributed by atoms with Gasteiger partial charge >= 0.3 is 5.97 Å². The van der Waals surface area contributed by atoms with Crippen molar-refractivity contribution in [3.63, 3.8) is 0 Å². The first-order chi connectivity index (χ1) is 6.50. The van der Waals surface area contributed by atoms with Crippen LogP contribution in [0.25, 0.3) is 6.08 Å². The van der Waals surface area contributed by atoms with Crippen LogP contribution >= 0.6 is 38.5 Å². The van der Waals surface area contributed by atoms with E-state index in [9.17, 15) is 4.79 Å². The molecular weight excluding hydrogens is 359 g/mol. The third kappa shape index (κ3) is 3.09. The van der Waals surface area contributed by atoms with Gasteiger partial charge in [0.2, 0.25) is 0 Å². The number of benzene rings is 1. The first-order valence-electron chi connectivity index (χ1n) is 3.87. The van der Waals surface area contributed by atoms with Gasteiger partial charge in [-0.3, -0.25) is 0 Å². The second-order valence-electron chi connectivity index (χ2n) is 2.79. The zero-order valence-electron chi connectivity index (χ0n) is 7.42. The molecule has 1 N–H and O–H groups in total. The van der Waals surface area contributed by atoms with Gasteiger partial charge in [-0.2, -0.15) is 0 Å². The second kappa shape index (κ2) is 4.93. The number of hydrogen-bond donors (Lipinski definition) is 1. The maximum atomic E-state index is 10.3. The number of carboxylic acid groups (broad SMARTS) is 1. The Labute approximate surface area is 104 Å². The molecule has 1 aromatic rings. The van der Waals surface area contributed by atoms with E-state index in [2.05, 4.69) is 38.5 Å². The van der Waals surface area contributed by atoms with E-state index in [1.54, 1.807) is 6.08 Å². The number of halogens is 2. The predicted molar refractivity (Wildman–Crippen MR) is 68.3 cm³/mol. The molecule has 0 aliphatic rings. The SMILES string of the molecule is Cc1cc(I)c(Br)cc1/C=C/C(=O)O. The summed E-state index contributed by atoms with van der Waals surface area (Å²) in [6, 6.07) is 3.92. The molecule has 0 saturated carbocycles. The lowest BCUT2D eigenvalue weighted by Gasteiger charge is -2.03. The molecule has 0 bridgehead atoms. The van der Waals surface area contributed by atoms with Gasteiger partial charge in [0.05, 0.1) is 0 Å². The highest BCUT2D eigenvalue weighted by Crippen LogP contribution is 2.24. The molecule has 0 amide bonds. The van der Waals surface area contributed by atoms with Crippen molar-refractivity contribution >= 4 is 50.6 Å². The molecule has 14 heavy (non-hydrogen) atoms. The van der Waals surface area contributed by atoms with E-state index >= 15 is 0 Å². The molecule has 0 fully saturated rings. The van der Waals surface area contributed by atoms with Crippen molar-refractivity contribution in [3.05, 3.63) is 37.4 Å². The van der Waals surface area contributed by atoms with Gasteiger partial charge < -0.3 is 5.11 Å². The first-order valence-corrected chi connectivity index (χ1v) is 5.74. The van der Waals surface area contributed by atoms with Crippen LogP contribution in [-0.4, -0.2) is 11.1 Å². The van der Waals surface area contributed by atoms with E-state index < -0.39 is 5.97 Å². The van der Waals surface area contributed by atoms with Gasteiger partial charge in [0.15, 0.2) is 0 Å². The molecular formula is C10H8BrIO2. The fourth-order valence-corrected chi connectivity index (χ4v) is 1.99. The lowest BCUT2D eigenvalue weighted by Crippen LogP contribution is -1.88. The Morgan fingerprint density at radius 1 is 1.57 bits per heavy atom. The Morgan fingerprint density at radius 2 is 2.21 bits per heavy atom. The summed E-state index contributed by atoms with van der Waals surface area (Å²) < 4.78 is 2.10. The Hall–Kier alpha value is -0.360. The van der Waals surface area contributed by atoms with Gasteiger partial charge in [-0.05, 0) is 74.8 Å². The van der Waals surface area contributed by atoms with Crippen LogP contribution in [0.5, 0.6) is 0 Å². The lowest BCUT2D eigenvalue weighted by molar-refractivity contribution is -0.131. The zero-order valence-corrected chi connectivity index (χ0v) is 11.2. The summed E-state index contributed by atoms with van der Waals surface area (Å²) >= 11 is 5.62. The summed E-state index contributed by atoms with van der Waals surface area (Å²) in [6.07, 6.45) is 2.74. The number of aliphatic carboxylic acids is 1. The zero-order chi connectivity index (χ0) is 10.7. The standard InChI is InChI=1S/C10H8BrIO2/c1-6-4-9(12)8(11)5-7(6)2-3-10(13)14/h2-5H,1H3,(H,13,14)/b3-2+. The van der Waals surface area contributed by atoms with E-state index in [-0.39, 0.29) is 0 Å². The van der Waals surface area contributed by atoms with Gasteiger partial charge in [-0.25, -0.2) is 4.79 Å². The van der Waals surface area contributed by atoms with Gasteiger partial charge in [0.25, 0.3) is 0 Å². The van der Waals surface area contributed by atoms with E-state index in [1.807, 2.05) is 19.1 Å². The molecule has 0 radical (unpaired) electrons. The maximum Gasteiger partial charge on any atom is 0.328 e. The number of hydrogen-bond acceptors (Lipinski definition) is 1. The lowest BCUT2D eigenvalue weighted by atomic mass is 10.1. The molecule has 0 heterocycles. The molecule has 4 heteroatoms. The molecule has 0 aromatic heterocycles. The highest BCUT2D eigenvalue weighted by atomic mass is 127. The van der Waals surface area contributed by atoms with Crippen LogP contribution in [0.1, 0.15) is 11.1 Å². The minimum absolute atomic E-state index is 0.916. The van der Waals surface area contributed by atoms with Crippen LogP contribution in [0.3, 0.4) is 0 Å². The van der Waals surface area contributed by atoms with Crippen molar-refractivity contribution < 1.29 is 9.90 Å². The number of carbonyl (C=O) groups is 1. The first kappa shape index (κ1) is 11.7. The Morgan fingerprint density at radius 3 is 2.79 bits per heavy atom. The molecule has 74 valence electrons. The summed E-state index contributed by atoms with van der Waals surface area (Å²) in [5.74, 6) is -0.931. The normalized spacial score (nSPS) is 10.8. The Balaban J connectivity index is 3.10. The Bertz CT molecular complexity index is 399. The number of rotatable bonds is 2. The fourth-order valence-electron chi connectivity index (χ4n) is 1.00. The maximum absolute atomic E-state index is 10.3. The summed E-state index contributed by atoms with van der Waals surface area (Å²) in [5.41, 5.74) is 1.98. The van der Waals surface area contributed by atoms with Crippen molar-refractivity contribution in [2.45, 2.75) is 6.92 Å². The fraction of sp³-hybridized carbons (Fsp3) is 0.100. The minimum atomic E-state index is -0.931. The van der Waals surface area contributed by atoms with Crippen molar-refractivity contribution in [1.29, 1.82) is 0 Å². The molecule has 0 aliphatic heterocycles. The third-order valence-corrected chi connectivity index (χ3v) is 4.00. The van der Waals surface area contributed by atoms with Crippen LogP contribution in [0.2, 0.25) is 0 Å². The van der Waals surface area contributed by atoms with Gasteiger partial charge in [-0.1, -0.05) is 0 Å². The third-order valence-electron chi connectivity index (χ3n) is 1.71.